The van der Waals surface area contributed by atoms with Gasteiger partial charge in [-0.25, -0.2) is 0 Å². The van der Waals surface area contributed by atoms with E-state index in [1.54, 1.807) is 0 Å². The van der Waals surface area contributed by atoms with E-state index in [0.717, 1.165) is 0 Å². The van der Waals surface area contributed by atoms with Crippen LogP contribution in [-0.2, 0) is 0 Å². The molecule has 0 N–H and O–H groups in total. The topological polar surface area (TPSA) is 3.24 Å². The molecule has 1 nitrogen and oxygen atoms in total. The molecule has 0 saturated carbocycles. The van der Waals surface area contributed by atoms with Gasteiger partial charge < -0.3 is 4.90 Å². The van der Waals surface area contributed by atoms with Crippen LogP contribution in [0.5, 0.6) is 0 Å². The molecule has 0 saturated heterocycles. The Balaban J connectivity index is 1.31. The van der Waals surface area contributed by atoms with E-state index >= 15 is 0 Å². The summed E-state index contributed by atoms with van der Waals surface area (Å²) in [5.74, 6) is 0.718. The van der Waals surface area contributed by atoms with Gasteiger partial charge in [0.25, 0.3) is 0 Å². The number of benzene rings is 8. The van der Waals surface area contributed by atoms with Gasteiger partial charge >= 0.3 is 0 Å². The molecule has 2 atom stereocenters. The first-order valence-electron chi connectivity index (χ1n) is 18.5. The Bertz CT molecular complexity index is 3230. The first-order chi connectivity index (χ1) is 26.2. The molecular formula is C50H35NS2. The minimum absolute atomic E-state index is 0.349. The third-order valence-corrected chi connectivity index (χ3v) is 13.8. The van der Waals surface area contributed by atoms with Gasteiger partial charge in [-0.1, -0.05) is 146 Å². The zero-order valence-corrected chi connectivity index (χ0v) is 31.1. The Morgan fingerprint density at radius 2 is 1.21 bits per heavy atom. The fraction of sp³-hybridized carbons (Fsp3) is 0.0800. The van der Waals surface area contributed by atoms with Crippen LogP contribution in [0.4, 0.5) is 11.4 Å². The lowest BCUT2D eigenvalue weighted by Crippen LogP contribution is -2.20. The van der Waals surface area contributed by atoms with Gasteiger partial charge in [0.15, 0.2) is 0 Å². The smallest absolute Gasteiger partial charge is 0.0646 e. The summed E-state index contributed by atoms with van der Waals surface area (Å²) in [4.78, 5) is 2.59. The molecule has 2 aromatic heterocycles. The number of hydrogen-bond acceptors (Lipinski definition) is 3. The molecule has 11 rings (SSSR count). The van der Waals surface area contributed by atoms with Gasteiger partial charge in [-0.3, -0.25) is 0 Å². The van der Waals surface area contributed by atoms with Crippen LogP contribution in [0, 0.1) is 11.8 Å². The molecule has 2 unspecified atom stereocenters. The zero-order valence-electron chi connectivity index (χ0n) is 29.5. The van der Waals surface area contributed by atoms with Crippen LogP contribution in [0.2, 0.25) is 0 Å². The van der Waals surface area contributed by atoms with Gasteiger partial charge in [-0.15, -0.1) is 22.7 Å². The maximum Gasteiger partial charge on any atom is 0.0646 e. The molecule has 0 spiro atoms. The number of anilines is 2. The Labute approximate surface area is 316 Å². The fourth-order valence-electron chi connectivity index (χ4n) is 8.96. The standard InChI is InChI=1S/C50H35NS2/c1-3-13-31-24-26-34(28-30(31)2)51(42-22-12-23-44-45(42)41-27-25-32-14-4-7-17-36(32)48(41)52-44)43-29-33-15-5-6-16-35(33)46-47-39-20-10-8-18-37(39)38-19-9-11-21-40(38)49(47)53-50(43)46/h3-31H,1-2H3/b13-3+. The van der Waals surface area contributed by atoms with Crippen molar-refractivity contribution >= 4 is 117 Å². The van der Waals surface area contributed by atoms with E-state index in [9.17, 15) is 0 Å². The molecular weight excluding hydrogens is 679 g/mol. The molecule has 0 fully saturated rings. The van der Waals surface area contributed by atoms with Gasteiger partial charge in [0.2, 0.25) is 0 Å². The van der Waals surface area contributed by atoms with Crippen molar-refractivity contribution in [3.8, 4) is 0 Å². The molecule has 8 aromatic carbocycles. The van der Waals surface area contributed by atoms with Crippen molar-refractivity contribution in [3.05, 3.63) is 170 Å². The van der Waals surface area contributed by atoms with Crippen LogP contribution in [-0.4, -0.2) is 0 Å². The maximum absolute atomic E-state index is 2.59. The number of nitrogens with zero attached hydrogens (tertiary/aromatic N) is 1. The summed E-state index contributed by atoms with van der Waals surface area (Å²) in [7, 11) is 0. The SMILES string of the molecule is C/C=C/C1C=CC(N(c2cc3ccccc3c3c2sc2c4ccccc4c4ccccc4c23)c2cccc3sc4c5ccccc5ccc4c23)=CC1C. The van der Waals surface area contributed by atoms with Gasteiger partial charge in [0, 0.05) is 52.6 Å². The van der Waals surface area contributed by atoms with Crippen LogP contribution in [0.1, 0.15) is 13.8 Å². The summed E-state index contributed by atoms with van der Waals surface area (Å²) < 4.78 is 5.33. The Kier molecular flexibility index (Phi) is 6.92. The maximum atomic E-state index is 2.59. The molecule has 3 heteroatoms. The lowest BCUT2D eigenvalue weighted by Gasteiger charge is -2.32. The fourth-order valence-corrected chi connectivity index (χ4v) is 11.6. The molecule has 252 valence electrons. The van der Waals surface area contributed by atoms with E-state index in [1.807, 2.05) is 22.7 Å². The predicted octanol–water partition coefficient (Wildman–Crippen LogP) is 15.5. The molecule has 0 aliphatic heterocycles. The van der Waals surface area contributed by atoms with E-state index in [-0.39, 0.29) is 0 Å². The first-order valence-corrected chi connectivity index (χ1v) is 20.1. The van der Waals surface area contributed by atoms with Crippen LogP contribution in [0.15, 0.2) is 170 Å². The summed E-state index contributed by atoms with van der Waals surface area (Å²) in [6, 6.07) is 49.8. The Morgan fingerprint density at radius 1 is 0.528 bits per heavy atom. The Morgan fingerprint density at radius 3 is 2.00 bits per heavy atom. The number of hydrogen-bond donors (Lipinski definition) is 0. The van der Waals surface area contributed by atoms with E-state index in [2.05, 4.69) is 183 Å². The van der Waals surface area contributed by atoms with Crippen molar-refractivity contribution in [2.45, 2.75) is 13.8 Å². The summed E-state index contributed by atoms with van der Waals surface area (Å²) in [5.41, 5.74) is 3.67. The second-order valence-electron chi connectivity index (χ2n) is 14.4. The van der Waals surface area contributed by atoms with Crippen molar-refractivity contribution in [1.82, 2.24) is 0 Å². The zero-order chi connectivity index (χ0) is 35.2. The van der Waals surface area contributed by atoms with E-state index < -0.39 is 0 Å². The summed E-state index contributed by atoms with van der Waals surface area (Å²) >= 11 is 3.87. The summed E-state index contributed by atoms with van der Waals surface area (Å²) in [6.07, 6.45) is 11.8. The second-order valence-corrected chi connectivity index (χ2v) is 16.5. The van der Waals surface area contributed by atoms with Gasteiger partial charge in [0.1, 0.15) is 0 Å². The summed E-state index contributed by atoms with van der Waals surface area (Å²) in [5, 5.41) is 15.8. The molecule has 1 aliphatic carbocycles. The van der Waals surface area contributed by atoms with E-state index in [0.29, 0.717) is 11.8 Å². The van der Waals surface area contributed by atoms with Crippen LogP contribution in [0.3, 0.4) is 0 Å². The third kappa shape index (κ3) is 4.54. The van der Waals surface area contributed by atoms with Crippen LogP contribution >= 0.6 is 22.7 Å². The van der Waals surface area contributed by atoms with Gasteiger partial charge in [-0.05, 0) is 74.8 Å². The molecule has 1 aliphatic rings. The highest BCUT2D eigenvalue weighted by atomic mass is 32.1. The molecule has 0 amide bonds. The molecule has 0 radical (unpaired) electrons. The lowest BCUT2D eigenvalue weighted by molar-refractivity contribution is 0.598. The Hall–Kier alpha value is -5.74. The van der Waals surface area contributed by atoms with Crippen molar-refractivity contribution in [1.29, 1.82) is 0 Å². The summed E-state index contributed by atoms with van der Waals surface area (Å²) in [6.45, 7) is 4.48. The number of allylic oxidation sites excluding steroid dienone is 5. The molecule has 0 bridgehead atoms. The minimum Gasteiger partial charge on any atom is -0.309 e. The van der Waals surface area contributed by atoms with Crippen molar-refractivity contribution in [3.63, 3.8) is 0 Å². The van der Waals surface area contributed by atoms with Crippen molar-refractivity contribution in [2.75, 3.05) is 4.90 Å². The molecule has 53 heavy (non-hydrogen) atoms. The van der Waals surface area contributed by atoms with E-state index in [1.165, 1.54) is 101 Å². The van der Waals surface area contributed by atoms with Crippen molar-refractivity contribution in [2.24, 2.45) is 11.8 Å². The van der Waals surface area contributed by atoms with Gasteiger partial charge in [-0.2, -0.15) is 0 Å². The second kappa shape index (κ2) is 11.9. The highest BCUT2D eigenvalue weighted by molar-refractivity contribution is 7.28. The van der Waals surface area contributed by atoms with Gasteiger partial charge in [0.05, 0.1) is 16.1 Å². The first kappa shape index (κ1) is 30.8. The van der Waals surface area contributed by atoms with Crippen LogP contribution < -0.4 is 4.90 Å². The van der Waals surface area contributed by atoms with E-state index in [4.69, 9.17) is 0 Å². The largest absolute Gasteiger partial charge is 0.309 e. The number of thiophene rings is 2. The average molecular weight is 714 g/mol. The third-order valence-electron chi connectivity index (χ3n) is 11.4. The number of fused-ring (bicyclic) bond motifs is 15. The minimum atomic E-state index is 0.349. The van der Waals surface area contributed by atoms with Crippen LogP contribution in [0.25, 0.3) is 83.4 Å². The quantitative estimate of drug-likeness (QED) is 0.130. The lowest BCUT2D eigenvalue weighted by atomic mass is 9.88. The normalized spacial score (nSPS) is 16.5. The molecule has 2 heterocycles. The molecule has 10 aromatic rings. The average Bonchev–Trinajstić information content (AvgIpc) is 3.80. The predicted molar refractivity (Wildman–Crippen MR) is 236 cm³/mol. The highest BCUT2D eigenvalue weighted by Gasteiger charge is 2.27. The van der Waals surface area contributed by atoms with Crippen molar-refractivity contribution < 1.29 is 0 Å². The highest BCUT2D eigenvalue weighted by Crippen LogP contribution is 2.53. The number of rotatable bonds is 4. The monoisotopic (exact) mass is 713 g/mol.